The van der Waals surface area contributed by atoms with Crippen molar-refractivity contribution in [3.05, 3.63) is 69.7 Å². The second kappa shape index (κ2) is 9.22. The molecule has 0 aliphatic rings. The molecule has 0 fully saturated rings. The number of ether oxygens (including phenoxy) is 1. The van der Waals surface area contributed by atoms with Crippen molar-refractivity contribution in [2.75, 3.05) is 6.54 Å². The normalized spacial score (nSPS) is 11.3. The number of halogens is 2. The second-order valence-electron chi connectivity index (χ2n) is 5.15. The molecule has 3 amide bonds. The Kier molecular flexibility index (Phi) is 7.00. The third-order valence-electron chi connectivity index (χ3n) is 3.31. The number of urea groups is 1. The molecule has 0 unspecified atom stereocenters. The van der Waals surface area contributed by atoms with Crippen molar-refractivity contribution in [1.29, 1.82) is 0 Å². The van der Waals surface area contributed by atoms with Crippen LogP contribution in [0.5, 0.6) is 0 Å². The molecule has 0 radical (unpaired) electrons. The fraction of sp³-hybridized carbons (Fsp3) is 0.167. The standard InChI is InChI=1S/C18H16Cl2N2O4/c1-2-21-18(25)22-16(23)15(11-7-4-3-5-8-11)26-17(24)12-9-6-10-13(19)14(12)20/h3-10,15H,2H2,1H3,(H2,21,22,23,25)/t15-/m1/s1. The molecule has 0 heterocycles. The molecule has 0 aliphatic carbocycles. The van der Waals surface area contributed by atoms with Gasteiger partial charge >= 0.3 is 12.0 Å². The number of benzene rings is 2. The van der Waals surface area contributed by atoms with Gasteiger partial charge in [0.2, 0.25) is 6.10 Å². The minimum absolute atomic E-state index is 0.0194. The minimum atomic E-state index is -1.33. The predicted octanol–water partition coefficient (Wildman–Crippen LogP) is 3.74. The molecule has 26 heavy (non-hydrogen) atoms. The van der Waals surface area contributed by atoms with Gasteiger partial charge in [-0.15, -0.1) is 0 Å². The Hall–Kier alpha value is -2.57. The van der Waals surface area contributed by atoms with Crippen LogP contribution in [-0.2, 0) is 9.53 Å². The molecule has 8 heteroatoms. The lowest BCUT2D eigenvalue weighted by Gasteiger charge is -2.18. The molecule has 1 atom stereocenters. The lowest BCUT2D eigenvalue weighted by molar-refractivity contribution is -0.129. The van der Waals surface area contributed by atoms with E-state index in [0.29, 0.717) is 12.1 Å². The maximum absolute atomic E-state index is 12.5. The molecule has 6 nitrogen and oxygen atoms in total. The van der Waals surface area contributed by atoms with Crippen LogP contribution in [0.3, 0.4) is 0 Å². The van der Waals surface area contributed by atoms with Gasteiger partial charge in [0, 0.05) is 12.1 Å². The van der Waals surface area contributed by atoms with Crippen LogP contribution in [0.1, 0.15) is 28.9 Å². The topological polar surface area (TPSA) is 84.5 Å². The largest absolute Gasteiger partial charge is 0.444 e. The zero-order valence-corrected chi connectivity index (χ0v) is 15.3. The van der Waals surface area contributed by atoms with Crippen LogP contribution in [0, 0.1) is 0 Å². The summed E-state index contributed by atoms with van der Waals surface area (Å²) in [6, 6.07) is 12.1. The molecule has 0 bridgehead atoms. The maximum atomic E-state index is 12.5. The van der Waals surface area contributed by atoms with Crippen molar-refractivity contribution in [2.24, 2.45) is 0 Å². The summed E-state index contributed by atoms with van der Waals surface area (Å²) in [4.78, 5) is 36.5. The van der Waals surface area contributed by atoms with Gasteiger partial charge in [-0.05, 0) is 19.1 Å². The van der Waals surface area contributed by atoms with Gasteiger partial charge in [-0.25, -0.2) is 9.59 Å². The van der Waals surface area contributed by atoms with Crippen molar-refractivity contribution >= 4 is 41.1 Å². The quantitative estimate of drug-likeness (QED) is 0.756. The molecule has 0 saturated carbocycles. The van der Waals surface area contributed by atoms with E-state index in [0.717, 1.165) is 0 Å². The summed E-state index contributed by atoms with van der Waals surface area (Å²) in [6.07, 6.45) is -1.33. The highest BCUT2D eigenvalue weighted by Gasteiger charge is 2.28. The molecule has 0 aliphatic heterocycles. The van der Waals surface area contributed by atoms with E-state index in [1.54, 1.807) is 37.3 Å². The van der Waals surface area contributed by atoms with E-state index in [2.05, 4.69) is 10.6 Å². The van der Waals surface area contributed by atoms with E-state index in [9.17, 15) is 14.4 Å². The predicted molar refractivity (Wildman–Crippen MR) is 98.3 cm³/mol. The number of imide groups is 1. The molecule has 2 rings (SSSR count). The fourth-order valence-corrected chi connectivity index (χ4v) is 2.49. The molecule has 2 aromatic rings. The van der Waals surface area contributed by atoms with Crippen LogP contribution in [0.15, 0.2) is 48.5 Å². The monoisotopic (exact) mass is 394 g/mol. The summed E-state index contributed by atoms with van der Waals surface area (Å²) in [5.41, 5.74) is 0.423. The molecular formula is C18H16Cl2N2O4. The third-order valence-corrected chi connectivity index (χ3v) is 4.13. The van der Waals surface area contributed by atoms with E-state index in [4.69, 9.17) is 27.9 Å². The average molecular weight is 395 g/mol. The van der Waals surface area contributed by atoms with Crippen LogP contribution >= 0.6 is 23.2 Å². The number of nitrogens with one attached hydrogen (secondary N) is 2. The zero-order valence-electron chi connectivity index (χ0n) is 13.8. The van der Waals surface area contributed by atoms with Gasteiger partial charge in [0.05, 0.1) is 15.6 Å². The second-order valence-corrected chi connectivity index (χ2v) is 5.93. The van der Waals surface area contributed by atoms with Crippen LogP contribution < -0.4 is 10.6 Å². The van der Waals surface area contributed by atoms with E-state index >= 15 is 0 Å². The first kappa shape index (κ1) is 19.8. The van der Waals surface area contributed by atoms with Gasteiger partial charge in [0.1, 0.15) is 0 Å². The summed E-state index contributed by atoms with van der Waals surface area (Å²) in [7, 11) is 0. The van der Waals surface area contributed by atoms with Gasteiger partial charge in [0.25, 0.3) is 5.91 Å². The Morgan fingerprint density at radius 2 is 1.73 bits per heavy atom. The van der Waals surface area contributed by atoms with Crippen LogP contribution in [0.4, 0.5) is 4.79 Å². The molecule has 0 saturated heterocycles. The first-order valence-corrected chi connectivity index (χ1v) is 8.48. The van der Waals surface area contributed by atoms with E-state index in [1.165, 1.54) is 18.2 Å². The highest BCUT2D eigenvalue weighted by molar-refractivity contribution is 6.43. The smallest absolute Gasteiger partial charge is 0.340 e. The third kappa shape index (κ3) is 4.97. The first-order valence-electron chi connectivity index (χ1n) is 7.72. The fourth-order valence-electron chi connectivity index (χ4n) is 2.11. The molecular weight excluding hydrogens is 379 g/mol. The van der Waals surface area contributed by atoms with Gasteiger partial charge in [-0.3, -0.25) is 10.1 Å². The number of amides is 3. The zero-order chi connectivity index (χ0) is 19.1. The van der Waals surface area contributed by atoms with Gasteiger partial charge in [-0.1, -0.05) is 59.6 Å². The van der Waals surface area contributed by atoms with Gasteiger partial charge < -0.3 is 10.1 Å². The van der Waals surface area contributed by atoms with Crippen molar-refractivity contribution in [1.82, 2.24) is 10.6 Å². The SMILES string of the molecule is CCNC(=O)NC(=O)[C@H](OC(=O)c1cccc(Cl)c1Cl)c1ccccc1. The summed E-state index contributed by atoms with van der Waals surface area (Å²) in [5, 5.41) is 4.78. The lowest BCUT2D eigenvalue weighted by Crippen LogP contribution is -2.42. The highest BCUT2D eigenvalue weighted by atomic mass is 35.5. The molecule has 0 spiro atoms. The Balaban J connectivity index is 2.27. The molecule has 2 N–H and O–H groups in total. The Bertz CT molecular complexity index is 812. The summed E-state index contributed by atoms with van der Waals surface area (Å²) >= 11 is 11.9. The van der Waals surface area contributed by atoms with Crippen LogP contribution in [-0.4, -0.2) is 24.5 Å². The Morgan fingerprint density at radius 3 is 2.38 bits per heavy atom. The van der Waals surface area contributed by atoms with Crippen molar-refractivity contribution in [3.8, 4) is 0 Å². The number of rotatable bonds is 5. The van der Waals surface area contributed by atoms with Crippen molar-refractivity contribution in [2.45, 2.75) is 13.0 Å². The lowest BCUT2D eigenvalue weighted by atomic mass is 10.1. The number of esters is 1. The van der Waals surface area contributed by atoms with Crippen LogP contribution in [0.2, 0.25) is 10.0 Å². The number of hydrogen-bond donors (Lipinski definition) is 2. The molecule has 136 valence electrons. The summed E-state index contributed by atoms with van der Waals surface area (Å²) in [5.74, 6) is -1.62. The van der Waals surface area contributed by atoms with E-state index in [-0.39, 0.29) is 15.6 Å². The Morgan fingerprint density at radius 1 is 1.04 bits per heavy atom. The molecule has 0 aromatic heterocycles. The number of carbonyl (C=O) groups is 3. The van der Waals surface area contributed by atoms with E-state index in [1.807, 2.05) is 0 Å². The van der Waals surface area contributed by atoms with Gasteiger partial charge in [-0.2, -0.15) is 0 Å². The maximum Gasteiger partial charge on any atom is 0.340 e. The summed E-state index contributed by atoms with van der Waals surface area (Å²) in [6.45, 7) is 2.05. The number of hydrogen-bond acceptors (Lipinski definition) is 4. The van der Waals surface area contributed by atoms with Crippen molar-refractivity contribution < 1.29 is 19.1 Å². The first-order chi connectivity index (χ1) is 12.4. The molecule has 2 aromatic carbocycles. The average Bonchev–Trinajstić information content (AvgIpc) is 2.62. The van der Waals surface area contributed by atoms with Crippen LogP contribution in [0.25, 0.3) is 0 Å². The highest BCUT2D eigenvalue weighted by Crippen LogP contribution is 2.28. The van der Waals surface area contributed by atoms with Gasteiger partial charge in [0.15, 0.2) is 0 Å². The van der Waals surface area contributed by atoms with E-state index < -0.39 is 24.0 Å². The van der Waals surface area contributed by atoms with Crippen molar-refractivity contribution in [3.63, 3.8) is 0 Å². The minimum Gasteiger partial charge on any atom is -0.444 e. The Labute approximate surface area is 160 Å². The summed E-state index contributed by atoms with van der Waals surface area (Å²) < 4.78 is 5.33. The number of carbonyl (C=O) groups excluding carboxylic acids is 3.